The number of morpholine rings is 1. The van der Waals surface area contributed by atoms with Crippen LogP contribution >= 0.6 is 0 Å². The SMILES string of the molecule is Cc1ccnc2c(S(=O)(=O)N3CC(=O)N4CCOCC4C3)cccc12. The topological polar surface area (TPSA) is 79.8 Å². The summed E-state index contributed by atoms with van der Waals surface area (Å²) in [5.41, 5.74) is 1.40. The number of carbonyl (C=O) groups excluding carboxylic acids is 1. The number of piperazine rings is 1. The van der Waals surface area contributed by atoms with Crippen LogP contribution < -0.4 is 0 Å². The van der Waals surface area contributed by atoms with Crippen LogP contribution in [-0.4, -0.2) is 67.4 Å². The average molecular weight is 361 g/mol. The second kappa shape index (κ2) is 6.05. The van der Waals surface area contributed by atoms with Gasteiger partial charge in [-0.25, -0.2) is 8.42 Å². The van der Waals surface area contributed by atoms with Crippen molar-refractivity contribution in [2.24, 2.45) is 0 Å². The summed E-state index contributed by atoms with van der Waals surface area (Å²) in [5, 5.41) is 0.800. The first kappa shape index (κ1) is 16.4. The fourth-order valence-corrected chi connectivity index (χ4v) is 5.08. The first-order valence-electron chi connectivity index (χ1n) is 8.20. The Hall–Kier alpha value is -2.03. The summed E-state index contributed by atoms with van der Waals surface area (Å²) in [6.07, 6.45) is 1.61. The minimum absolute atomic E-state index is 0.138. The van der Waals surface area contributed by atoms with Crippen LogP contribution in [0.25, 0.3) is 10.9 Å². The van der Waals surface area contributed by atoms with Crippen LogP contribution in [0.5, 0.6) is 0 Å². The molecule has 2 saturated heterocycles. The number of aromatic nitrogens is 1. The summed E-state index contributed by atoms with van der Waals surface area (Å²) in [7, 11) is -3.82. The van der Waals surface area contributed by atoms with Gasteiger partial charge in [0.05, 0.1) is 31.3 Å². The Morgan fingerprint density at radius 2 is 2.12 bits per heavy atom. The van der Waals surface area contributed by atoms with E-state index in [4.69, 9.17) is 4.74 Å². The van der Waals surface area contributed by atoms with Gasteiger partial charge in [-0.3, -0.25) is 9.78 Å². The van der Waals surface area contributed by atoms with Gasteiger partial charge >= 0.3 is 0 Å². The van der Waals surface area contributed by atoms with Crippen molar-refractivity contribution in [3.8, 4) is 0 Å². The van der Waals surface area contributed by atoms with E-state index in [9.17, 15) is 13.2 Å². The van der Waals surface area contributed by atoms with E-state index >= 15 is 0 Å². The zero-order valence-corrected chi connectivity index (χ0v) is 14.7. The van der Waals surface area contributed by atoms with E-state index in [1.807, 2.05) is 19.1 Å². The normalized spacial score (nSPS) is 22.2. The number of pyridine rings is 1. The van der Waals surface area contributed by atoms with Crippen LogP contribution in [-0.2, 0) is 19.6 Å². The van der Waals surface area contributed by atoms with Gasteiger partial charge in [0.25, 0.3) is 0 Å². The Balaban J connectivity index is 1.75. The molecule has 8 heteroatoms. The Kier molecular flexibility index (Phi) is 3.98. The number of sulfonamides is 1. The monoisotopic (exact) mass is 361 g/mol. The molecule has 1 unspecified atom stereocenters. The van der Waals surface area contributed by atoms with Crippen LogP contribution in [0.4, 0.5) is 0 Å². The molecular formula is C17H19N3O4S. The molecule has 25 heavy (non-hydrogen) atoms. The molecule has 2 aromatic rings. The summed E-state index contributed by atoms with van der Waals surface area (Å²) in [6, 6.07) is 6.74. The van der Waals surface area contributed by atoms with Gasteiger partial charge in [-0.1, -0.05) is 12.1 Å². The molecule has 3 heterocycles. The molecule has 7 nitrogen and oxygen atoms in total. The van der Waals surface area contributed by atoms with Crippen molar-refractivity contribution in [2.75, 3.05) is 32.8 Å². The van der Waals surface area contributed by atoms with Crippen molar-refractivity contribution in [2.45, 2.75) is 17.9 Å². The number of para-hydroxylation sites is 1. The fourth-order valence-electron chi connectivity index (χ4n) is 3.49. The number of nitrogens with zero attached hydrogens (tertiary/aromatic N) is 3. The number of ether oxygens (including phenoxy) is 1. The Labute approximate surface area is 146 Å². The third kappa shape index (κ3) is 2.70. The van der Waals surface area contributed by atoms with Crippen molar-refractivity contribution < 1.29 is 17.9 Å². The number of rotatable bonds is 2. The van der Waals surface area contributed by atoms with Crippen LogP contribution in [0.3, 0.4) is 0 Å². The van der Waals surface area contributed by atoms with E-state index in [0.717, 1.165) is 10.9 Å². The van der Waals surface area contributed by atoms with E-state index in [0.29, 0.717) is 25.3 Å². The van der Waals surface area contributed by atoms with Crippen molar-refractivity contribution in [3.63, 3.8) is 0 Å². The van der Waals surface area contributed by atoms with Crippen LogP contribution in [0.2, 0.25) is 0 Å². The molecule has 2 aliphatic heterocycles. The van der Waals surface area contributed by atoms with Crippen molar-refractivity contribution >= 4 is 26.8 Å². The van der Waals surface area contributed by atoms with Gasteiger partial charge in [-0.15, -0.1) is 0 Å². The number of hydrogen-bond acceptors (Lipinski definition) is 5. The van der Waals surface area contributed by atoms with Crippen molar-refractivity contribution in [1.29, 1.82) is 0 Å². The molecule has 0 radical (unpaired) electrons. The molecule has 4 rings (SSSR count). The highest BCUT2D eigenvalue weighted by Gasteiger charge is 2.40. The Morgan fingerprint density at radius 1 is 1.28 bits per heavy atom. The lowest BCUT2D eigenvalue weighted by Crippen LogP contribution is -2.61. The van der Waals surface area contributed by atoms with Crippen LogP contribution in [0, 0.1) is 6.92 Å². The number of fused-ring (bicyclic) bond motifs is 2. The molecule has 1 aromatic carbocycles. The van der Waals surface area contributed by atoms with Gasteiger partial charge in [0.1, 0.15) is 4.90 Å². The van der Waals surface area contributed by atoms with Gasteiger partial charge in [-0.05, 0) is 24.6 Å². The molecule has 0 bridgehead atoms. The zero-order valence-electron chi connectivity index (χ0n) is 13.9. The molecule has 0 saturated carbocycles. The van der Waals surface area contributed by atoms with E-state index in [1.54, 1.807) is 23.2 Å². The summed E-state index contributed by atoms with van der Waals surface area (Å²) in [5.74, 6) is -0.174. The molecule has 2 aliphatic rings. The summed E-state index contributed by atoms with van der Waals surface area (Å²) in [4.78, 5) is 18.5. The predicted octanol–water partition coefficient (Wildman–Crippen LogP) is 0.775. The van der Waals surface area contributed by atoms with E-state index < -0.39 is 10.0 Å². The third-order valence-corrected chi connectivity index (χ3v) is 6.69. The lowest BCUT2D eigenvalue weighted by Gasteiger charge is -2.42. The van der Waals surface area contributed by atoms with E-state index in [1.165, 1.54) is 4.31 Å². The van der Waals surface area contributed by atoms with Gasteiger partial charge < -0.3 is 9.64 Å². The highest BCUT2D eigenvalue weighted by Crippen LogP contribution is 2.28. The molecule has 2 fully saturated rings. The smallest absolute Gasteiger partial charge is 0.245 e. The van der Waals surface area contributed by atoms with Crippen LogP contribution in [0.1, 0.15) is 5.56 Å². The van der Waals surface area contributed by atoms with Gasteiger partial charge in [0.15, 0.2) is 0 Å². The van der Waals surface area contributed by atoms with Gasteiger partial charge in [0.2, 0.25) is 15.9 Å². The third-order valence-electron chi connectivity index (χ3n) is 4.84. The number of benzene rings is 1. The van der Waals surface area contributed by atoms with Gasteiger partial charge in [-0.2, -0.15) is 4.31 Å². The molecule has 0 spiro atoms. The first-order chi connectivity index (χ1) is 12.0. The largest absolute Gasteiger partial charge is 0.377 e. The maximum absolute atomic E-state index is 13.2. The summed E-state index contributed by atoms with van der Waals surface area (Å²) >= 11 is 0. The fraction of sp³-hybridized carbons (Fsp3) is 0.412. The maximum atomic E-state index is 13.2. The average Bonchev–Trinajstić information content (AvgIpc) is 2.61. The molecule has 132 valence electrons. The lowest BCUT2D eigenvalue weighted by molar-refractivity contribution is -0.145. The minimum Gasteiger partial charge on any atom is -0.377 e. The van der Waals surface area contributed by atoms with Gasteiger partial charge in [0, 0.05) is 24.7 Å². The minimum atomic E-state index is -3.82. The molecule has 1 atom stereocenters. The quantitative estimate of drug-likeness (QED) is 0.790. The van der Waals surface area contributed by atoms with E-state index in [-0.39, 0.29) is 29.9 Å². The Bertz CT molecular complexity index is 944. The standard InChI is InChI=1S/C17H19N3O4S/c1-12-5-6-18-17-14(12)3-2-4-15(17)25(22,23)19-9-13-11-24-8-7-20(13)16(21)10-19/h2-6,13H,7-11H2,1H3. The number of hydrogen-bond donors (Lipinski definition) is 0. The summed E-state index contributed by atoms with van der Waals surface area (Å²) < 4.78 is 33.1. The maximum Gasteiger partial charge on any atom is 0.245 e. The molecule has 0 N–H and O–H groups in total. The molecule has 1 amide bonds. The Morgan fingerprint density at radius 3 is 2.96 bits per heavy atom. The highest BCUT2D eigenvalue weighted by molar-refractivity contribution is 7.89. The first-order valence-corrected chi connectivity index (χ1v) is 9.64. The highest BCUT2D eigenvalue weighted by atomic mass is 32.2. The molecular weight excluding hydrogens is 342 g/mol. The van der Waals surface area contributed by atoms with Crippen LogP contribution in [0.15, 0.2) is 35.4 Å². The molecule has 0 aliphatic carbocycles. The summed E-state index contributed by atoms with van der Waals surface area (Å²) in [6.45, 7) is 3.41. The number of amides is 1. The molecule has 1 aromatic heterocycles. The second-order valence-corrected chi connectivity index (χ2v) is 8.30. The lowest BCUT2D eigenvalue weighted by atomic mass is 10.1. The number of aryl methyl sites for hydroxylation is 1. The van der Waals surface area contributed by atoms with Crippen molar-refractivity contribution in [1.82, 2.24) is 14.2 Å². The van der Waals surface area contributed by atoms with E-state index in [2.05, 4.69) is 4.98 Å². The van der Waals surface area contributed by atoms with Crippen molar-refractivity contribution in [3.05, 3.63) is 36.0 Å². The number of carbonyl (C=O) groups is 1. The predicted molar refractivity (Wildman–Crippen MR) is 91.6 cm³/mol. The zero-order chi connectivity index (χ0) is 17.6. The second-order valence-electron chi connectivity index (χ2n) is 6.39.